The molecule has 2 N–H and O–H groups in total. The Hall–Kier alpha value is -5.12. The number of amides is 1. The van der Waals surface area contributed by atoms with E-state index in [-0.39, 0.29) is 11.9 Å². The summed E-state index contributed by atoms with van der Waals surface area (Å²) in [5.74, 6) is 1.56. The Morgan fingerprint density at radius 1 is 0.947 bits per heavy atom. The summed E-state index contributed by atoms with van der Waals surface area (Å²) in [6, 6.07) is 13.5. The van der Waals surface area contributed by atoms with Gasteiger partial charge in [0.2, 0.25) is 0 Å². The van der Waals surface area contributed by atoms with Gasteiger partial charge in [0.05, 0.1) is 11.1 Å². The van der Waals surface area contributed by atoms with Crippen LogP contribution < -0.4 is 15.4 Å². The van der Waals surface area contributed by atoms with Crippen molar-refractivity contribution in [3.63, 3.8) is 0 Å². The van der Waals surface area contributed by atoms with E-state index in [4.69, 9.17) is 10.5 Å². The maximum atomic E-state index is 12.4. The monoisotopic (exact) mass is 504 g/mol. The number of rotatable bonds is 5. The number of hydrogen-bond donors (Lipinski definition) is 1. The Balaban J connectivity index is 1.42. The molecule has 1 amide bonds. The van der Waals surface area contributed by atoms with E-state index in [0.29, 0.717) is 29.6 Å². The van der Waals surface area contributed by atoms with Gasteiger partial charge in [-0.25, -0.2) is 24.9 Å². The number of pyridine rings is 1. The van der Waals surface area contributed by atoms with Gasteiger partial charge in [-0.1, -0.05) is 18.2 Å². The summed E-state index contributed by atoms with van der Waals surface area (Å²) in [6.45, 7) is 4.22. The second kappa shape index (κ2) is 9.07. The number of nitrogen functional groups attached to an aromatic ring is 1. The van der Waals surface area contributed by atoms with Crippen LogP contribution in [0.2, 0.25) is 0 Å². The molecule has 0 saturated heterocycles. The Kier molecular flexibility index (Phi) is 5.56. The number of nitrogens with two attached hydrogens (primary N) is 1. The molecular formula is C28H24N8O2. The van der Waals surface area contributed by atoms with E-state index in [9.17, 15) is 4.79 Å². The molecule has 0 radical (unpaired) electrons. The van der Waals surface area contributed by atoms with Gasteiger partial charge in [-0.05, 0) is 49.7 Å². The number of carbonyl (C=O) groups excluding carboxylic acids is 1. The minimum atomic E-state index is -0.0306. The zero-order valence-corrected chi connectivity index (χ0v) is 21.1. The first-order valence-corrected chi connectivity index (χ1v) is 12.0. The van der Waals surface area contributed by atoms with Gasteiger partial charge in [-0.15, -0.1) is 0 Å². The predicted octanol–water partition coefficient (Wildman–Crippen LogP) is 4.46. The summed E-state index contributed by atoms with van der Waals surface area (Å²) in [4.78, 5) is 35.9. The Labute approximate surface area is 218 Å². The molecule has 1 aliphatic heterocycles. The molecule has 6 rings (SSSR count). The van der Waals surface area contributed by atoms with Crippen LogP contribution in [-0.2, 0) is 11.8 Å². The average Bonchev–Trinajstić information content (AvgIpc) is 3.41. The Morgan fingerprint density at radius 3 is 2.42 bits per heavy atom. The standard InChI is InChI=1S/C28H24N8O2/c1-16-11-13-36(27(16)37)21-9-6-19(14-31-21)24-22(23-25(29)32-15-33-26(23)35(24)3)18-4-7-20(8-5-18)38-28-30-12-10-17(2)34-28/h4-12,14-15H,13H2,1-3H3,(H2,29,32,33). The molecule has 1 aromatic carbocycles. The first kappa shape index (κ1) is 23.3. The van der Waals surface area contributed by atoms with E-state index in [0.717, 1.165) is 39.0 Å². The number of hydrogen-bond acceptors (Lipinski definition) is 8. The van der Waals surface area contributed by atoms with Crippen LogP contribution in [-0.4, -0.2) is 41.9 Å². The van der Waals surface area contributed by atoms with Crippen molar-refractivity contribution < 1.29 is 9.53 Å². The second-order valence-corrected chi connectivity index (χ2v) is 9.06. The first-order valence-electron chi connectivity index (χ1n) is 12.0. The molecule has 0 atom stereocenters. The molecule has 188 valence electrons. The molecule has 0 saturated carbocycles. The third-order valence-electron chi connectivity index (χ3n) is 6.58. The van der Waals surface area contributed by atoms with Crippen LogP contribution in [0.3, 0.4) is 0 Å². The number of carbonyl (C=O) groups is 1. The van der Waals surface area contributed by atoms with Gasteiger partial charge in [0.25, 0.3) is 5.91 Å². The van der Waals surface area contributed by atoms with Gasteiger partial charge in [0.15, 0.2) is 0 Å². The summed E-state index contributed by atoms with van der Waals surface area (Å²) in [5, 5.41) is 0.749. The lowest BCUT2D eigenvalue weighted by Crippen LogP contribution is -2.26. The number of fused-ring (bicyclic) bond motifs is 1. The first-order chi connectivity index (χ1) is 18.4. The molecule has 0 unspecified atom stereocenters. The molecule has 10 heteroatoms. The largest absolute Gasteiger partial charge is 0.424 e. The summed E-state index contributed by atoms with van der Waals surface area (Å²) in [7, 11) is 1.94. The maximum Gasteiger partial charge on any atom is 0.322 e. The van der Waals surface area contributed by atoms with E-state index >= 15 is 0 Å². The highest BCUT2D eigenvalue weighted by atomic mass is 16.5. The van der Waals surface area contributed by atoms with Crippen LogP contribution in [0.4, 0.5) is 11.6 Å². The molecule has 0 spiro atoms. The van der Waals surface area contributed by atoms with Crippen molar-refractivity contribution in [3.05, 3.63) is 78.5 Å². The molecule has 10 nitrogen and oxygen atoms in total. The molecule has 0 aliphatic carbocycles. The fraction of sp³-hybridized carbons (Fsp3) is 0.143. The summed E-state index contributed by atoms with van der Waals surface area (Å²) in [6.07, 6.45) is 6.79. The number of anilines is 2. The minimum absolute atomic E-state index is 0.0306. The maximum absolute atomic E-state index is 12.4. The molecule has 1 aliphatic rings. The van der Waals surface area contributed by atoms with Gasteiger partial charge in [0.1, 0.15) is 29.4 Å². The lowest BCUT2D eigenvalue weighted by atomic mass is 9.99. The topological polar surface area (TPSA) is 125 Å². The number of nitrogens with zero attached hydrogens (tertiary/aromatic N) is 7. The summed E-state index contributed by atoms with van der Waals surface area (Å²) >= 11 is 0. The van der Waals surface area contributed by atoms with Crippen molar-refractivity contribution in [2.75, 3.05) is 17.2 Å². The van der Waals surface area contributed by atoms with Crippen molar-refractivity contribution in [2.45, 2.75) is 13.8 Å². The van der Waals surface area contributed by atoms with Gasteiger partial charge >= 0.3 is 6.01 Å². The Morgan fingerprint density at radius 2 is 1.74 bits per heavy atom. The van der Waals surface area contributed by atoms with Gasteiger partial charge < -0.3 is 15.0 Å². The third-order valence-corrected chi connectivity index (χ3v) is 6.58. The van der Waals surface area contributed by atoms with E-state index in [2.05, 4.69) is 24.9 Å². The molecule has 4 aromatic heterocycles. The molecule has 5 heterocycles. The van der Waals surface area contributed by atoms with Crippen LogP contribution >= 0.6 is 0 Å². The predicted molar refractivity (Wildman–Crippen MR) is 145 cm³/mol. The highest BCUT2D eigenvalue weighted by Crippen LogP contribution is 2.42. The van der Waals surface area contributed by atoms with Crippen LogP contribution in [0, 0.1) is 6.92 Å². The number of aryl methyl sites for hydroxylation is 2. The quantitative estimate of drug-likeness (QED) is 0.372. The highest BCUT2D eigenvalue weighted by Gasteiger charge is 2.25. The van der Waals surface area contributed by atoms with E-state index in [1.807, 2.05) is 74.0 Å². The minimum Gasteiger partial charge on any atom is -0.424 e. The van der Waals surface area contributed by atoms with Crippen molar-refractivity contribution in [1.82, 2.24) is 29.5 Å². The van der Waals surface area contributed by atoms with Crippen molar-refractivity contribution in [3.8, 4) is 34.1 Å². The number of aromatic nitrogens is 6. The Bertz CT molecular complexity index is 1720. The van der Waals surface area contributed by atoms with Crippen LogP contribution in [0.1, 0.15) is 12.6 Å². The van der Waals surface area contributed by atoms with Crippen molar-refractivity contribution >= 4 is 28.6 Å². The van der Waals surface area contributed by atoms with Crippen LogP contribution in [0.15, 0.2) is 72.8 Å². The summed E-state index contributed by atoms with van der Waals surface area (Å²) < 4.78 is 7.82. The zero-order valence-electron chi connectivity index (χ0n) is 21.1. The average molecular weight is 505 g/mol. The summed E-state index contributed by atoms with van der Waals surface area (Å²) in [5.41, 5.74) is 12.1. The molecule has 38 heavy (non-hydrogen) atoms. The highest BCUT2D eigenvalue weighted by molar-refractivity contribution is 6.08. The van der Waals surface area contributed by atoms with Crippen LogP contribution in [0.5, 0.6) is 11.8 Å². The fourth-order valence-corrected chi connectivity index (χ4v) is 4.66. The van der Waals surface area contributed by atoms with E-state index in [1.165, 1.54) is 6.33 Å². The van der Waals surface area contributed by atoms with Gasteiger partial charge in [-0.2, -0.15) is 0 Å². The van der Waals surface area contributed by atoms with E-state index < -0.39 is 0 Å². The smallest absolute Gasteiger partial charge is 0.322 e. The lowest BCUT2D eigenvalue weighted by molar-refractivity contribution is -0.114. The second-order valence-electron chi connectivity index (χ2n) is 9.06. The third kappa shape index (κ3) is 3.92. The van der Waals surface area contributed by atoms with Crippen molar-refractivity contribution in [2.24, 2.45) is 7.05 Å². The molecule has 5 aromatic rings. The molecule has 0 bridgehead atoms. The van der Waals surface area contributed by atoms with Gasteiger partial charge in [0, 0.05) is 48.4 Å². The van der Waals surface area contributed by atoms with Gasteiger partial charge in [-0.3, -0.25) is 9.69 Å². The molecule has 0 fully saturated rings. The zero-order chi connectivity index (χ0) is 26.4. The molecular weight excluding hydrogens is 480 g/mol. The lowest BCUT2D eigenvalue weighted by Gasteiger charge is -2.16. The SMILES string of the molecule is CC1=CCN(c2ccc(-c3c(-c4ccc(Oc5nccc(C)n5)cc4)c4c(N)ncnc4n3C)cn2)C1=O. The fourth-order valence-electron chi connectivity index (χ4n) is 4.66. The van der Waals surface area contributed by atoms with Crippen molar-refractivity contribution in [1.29, 1.82) is 0 Å². The van der Waals surface area contributed by atoms with E-state index in [1.54, 1.807) is 17.3 Å². The number of ether oxygens (including phenoxy) is 1. The van der Waals surface area contributed by atoms with Crippen LogP contribution in [0.25, 0.3) is 33.4 Å². The normalized spacial score (nSPS) is 13.3. The number of benzene rings is 1.